The smallest absolute Gasteiger partial charge is 0.188 e. The lowest BCUT2D eigenvalue weighted by Gasteiger charge is -2.24. The van der Waals surface area contributed by atoms with Gasteiger partial charge in [0.15, 0.2) is 5.12 Å². The van der Waals surface area contributed by atoms with Gasteiger partial charge >= 0.3 is 0 Å². The average Bonchev–Trinajstić information content (AvgIpc) is 1.97. The number of hydrogen-bond acceptors (Lipinski definition) is 1. The zero-order chi connectivity index (χ0) is 10.6. The van der Waals surface area contributed by atoms with Crippen molar-refractivity contribution in [2.24, 2.45) is 5.92 Å². The molecule has 0 aromatic heterocycles. The molecule has 0 aliphatic rings. The summed E-state index contributed by atoms with van der Waals surface area (Å²) in [6.07, 6.45) is 0. The number of carbonyl (C=O) groups excluding carboxylic acids is 1. The topological polar surface area (TPSA) is 17.1 Å². The van der Waals surface area contributed by atoms with Crippen LogP contribution in [-0.4, -0.2) is 13.9 Å². The van der Waals surface area contributed by atoms with Crippen LogP contribution >= 0.6 is 12.6 Å². The Bertz CT molecular complexity index is 160. The van der Waals surface area contributed by atoms with E-state index in [4.69, 9.17) is 0 Å². The van der Waals surface area contributed by atoms with Crippen LogP contribution in [0.25, 0.3) is 0 Å². The summed E-state index contributed by atoms with van der Waals surface area (Å²) in [6, 6.07) is 1.07. The molecule has 0 amide bonds. The molecule has 0 spiro atoms. The molecule has 1 atom stereocenters. The Labute approximate surface area is 89.3 Å². The fourth-order valence-electron chi connectivity index (χ4n) is 1.58. The Morgan fingerprint density at radius 2 is 1.54 bits per heavy atom. The van der Waals surface area contributed by atoms with Gasteiger partial charge in [-0.15, -0.1) is 12.6 Å². The van der Waals surface area contributed by atoms with Gasteiger partial charge in [0.05, 0.1) is 8.80 Å². The Morgan fingerprint density at radius 1 is 1.15 bits per heavy atom. The van der Waals surface area contributed by atoms with Gasteiger partial charge in [0.2, 0.25) is 0 Å². The Balaban J connectivity index is 4.18. The van der Waals surface area contributed by atoms with Gasteiger partial charge in [-0.05, 0) is 6.04 Å². The second-order valence-corrected chi connectivity index (χ2v) is 8.64. The summed E-state index contributed by atoms with van der Waals surface area (Å²) in [5.74, 6) is 0.141. The summed E-state index contributed by atoms with van der Waals surface area (Å²) in [5.41, 5.74) is 1.50. The first-order chi connectivity index (χ1) is 5.86. The number of carbonyl (C=O) groups is 1. The maximum absolute atomic E-state index is 11.0. The molecular weight excluding hydrogens is 196 g/mol. The van der Waals surface area contributed by atoms with Crippen LogP contribution in [0.1, 0.15) is 34.6 Å². The SMILES string of the molecule is CC(C[Si](C(C)C)C(C)C)C(=O)S. The highest BCUT2D eigenvalue weighted by Crippen LogP contribution is 2.27. The molecule has 0 heterocycles. The fraction of sp³-hybridized carbons (Fsp3) is 0.900. The molecule has 0 aromatic carbocycles. The molecule has 13 heavy (non-hydrogen) atoms. The van der Waals surface area contributed by atoms with Gasteiger partial charge in [-0.1, -0.05) is 45.7 Å². The van der Waals surface area contributed by atoms with E-state index in [1.165, 1.54) is 0 Å². The van der Waals surface area contributed by atoms with E-state index in [2.05, 4.69) is 40.3 Å². The van der Waals surface area contributed by atoms with E-state index in [0.29, 0.717) is 0 Å². The van der Waals surface area contributed by atoms with Gasteiger partial charge in [0.1, 0.15) is 0 Å². The van der Waals surface area contributed by atoms with E-state index in [1.807, 2.05) is 6.92 Å². The molecule has 0 bridgehead atoms. The van der Waals surface area contributed by atoms with Crippen molar-refractivity contribution in [1.82, 2.24) is 0 Å². The minimum atomic E-state index is -0.392. The maximum Gasteiger partial charge on any atom is 0.188 e. The van der Waals surface area contributed by atoms with Gasteiger partial charge < -0.3 is 0 Å². The van der Waals surface area contributed by atoms with E-state index in [9.17, 15) is 4.79 Å². The largest absolute Gasteiger partial charge is 0.287 e. The molecule has 0 N–H and O–H groups in total. The molecule has 3 heteroatoms. The second-order valence-electron chi connectivity index (χ2n) is 4.33. The van der Waals surface area contributed by atoms with Gasteiger partial charge in [0, 0.05) is 5.92 Å². The van der Waals surface area contributed by atoms with Crippen LogP contribution in [0.15, 0.2) is 0 Å². The zero-order valence-corrected chi connectivity index (χ0v) is 11.2. The van der Waals surface area contributed by atoms with Crippen molar-refractivity contribution in [3.8, 4) is 0 Å². The van der Waals surface area contributed by atoms with Gasteiger partial charge in [-0.2, -0.15) is 0 Å². The first kappa shape index (κ1) is 13.2. The quantitative estimate of drug-likeness (QED) is 0.552. The fourth-order valence-corrected chi connectivity index (χ4v) is 5.01. The summed E-state index contributed by atoms with van der Waals surface area (Å²) < 4.78 is 0. The molecule has 1 unspecified atom stereocenters. The van der Waals surface area contributed by atoms with Gasteiger partial charge in [0.25, 0.3) is 0 Å². The minimum Gasteiger partial charge on any atom is -0.287 e. The molecule has 1 radical (unpaired) electrons. The molecule has 0 saturated heterocycles. The molecule has 0 rings (SSSR count). The predicted molar refractivity (Wildman–Crippen MR) is 63.9 cm³/mol. The van der Waals surface area contributed by atoms with Crippen LogP contribution in [0.2, 0.25) is 17.1 Å². The van der Waals surface area contributed by atoms with Gasteiger partial charge in [-0.3, -0.25) is 4.79 Å². The van der Waals surface area contributed by atoms with Crippen molar-refractivity contribution < 1.29 is 4.79 Å². The third-order valence-electron chi connectivity index (χ3n) is 2.45. The summed E-state index contributed by atoms with van der Waals surface area (Å²) in [5, 5.41) is 0.0452. The summed E-state index contributed by atoms with van der Waals surface area (Å²) >= 11 is 3.88. The first-order valence-corrected chi connectivity index (χ1v) is 7.25. The average molecular weight is 217 g/mol. The minimum absolute atomic E-state index is 0.0452. The van der Waals surface area contributed by atoms with E-state index >= 15 is 0 Å². The number of rotatable bonds is 5. The highest BCUT2D eigenvalue weighted by Gasteiger charge is 2.23. The van der Waals surface area contributed by atoms with Crippen LogP contribution in [0.3, 0.4) is 0 Å². The summed E-state index contributed by atoms with van der Waals surface area (Å²) in [6.45, 7) is 11.1. The van der Waals surface area contributed by atoms with E-state index < -0.39 is 8.80 Å². The Kier molecular flexibility index (Phi) is 5.97. The summed E-state index contributed by atoms with van der Waals surface area (Å²) in [7, 11) is -0.392. The number of thiol groups is 1. The second kappa shape index (κ2) is 5.86. The molecular formula is C10H21OSSi. The van der Waals surface area contributed by atoms with Crippen molar-refractivity contribution in [3.05, 3.63) is 0 Å². The first-order valence-electron chi connectivity index (χ1n) is 4.94. The van der Waals surface area contributed by atoms with Crippen LogP contribution in [0.5, 0.6) is 0 Å². The summed E-state index contributed by atoms with van der Waals surface area (Å²) in [4.78, 5) is 11.0. The predicted octanol–water partition coefficient (Wildman–Crippen LogP) is 3.39. The third kappa shape index (κ3) is 4.86. The van der Waals surface area contributed by atoms with Crippen LogP contribution in [0, 0.1) is 5.92 Å². The number of hydrogen-bond donors (Lipinski definition) is 1. The van der Waals surface area contributed by atoms with Crippen LogP contribution in [0.4, 0.5) is 0 Å². The third-order valence-corrected chi connectivity index (χ3v) is 6.94. The Hall–Kier alpha value is 0.237. The van der Waals surface area contributed by atoms with Crippen molar-refractivity contribution in [1.29, 1.82) is 0 Å². The maximum atomic E-state index is 11.0. The van der Waals surface area contributed by atoms with Crippen molar-refractivity contribution in [2.75, 3.05) is 0 Å². The zero-order valence-electron chi connectivity index (χ0n) is 9.29. The van der Waals surface area contributed by atoms with Gasteiger partial charge in [-0.25, -0.2) is 0 Å². The molecule has 0 aliphatic heterocycles. The normalized spacial score (nSPS) is 14.2. The van der Waals surface area contributed by atoms with Crippen LogP contribution in [-0.2, 0) is 4.79 Å². The molecule has 0 aliphatic carbocycles. The molecule has 77 valence electrons. The molecule has 0 aromatic rings. The standard InChI is InChI=1S/C10H21OSSi/c1-7(2)13(8(3)4)6-9(5)10(11)12/h7-9H,6H2,1-5H3,(H,11,12). The van der Waals surface area contributed by atoms with E-state index in [-0.39, 0.29) is 11.0 Å². The van der Waals surface area contributed by atoms with Crippen molar-refractivity contribution in [2.45, 2.75) is 51.7 Å². The Morgan fingerprint density at radius 3 is 1.77 bits per heavy atom. The highest BCUT2D eigenvalue weighted by molar-refractivity contribution is 7.96. The van der Waals surface area contributed by atoms with Crippen molar-refractivity contribution in [3.63, 3.8) is 0 Å². The lowest BCUT2D eigenvalue weighted by Crippen LogP contribution is -2.25. The van der Waals surface area contributed by atoms with Crippen molar-refractivity contribution >= 4 is 26.5 Å². The van der Waals surface area contributed by atoms with E-state index in [0.717, 1.165) is 17.1 Å². The highest BCUT2D eigenvalue weighted by atomic mass is 32.1. The monoisotopic (exact) mass is 217 g/mol. The van der Waals surface area contributed by atoms with E-state index in [1.54, 1.807) is 0 Å². The molecule has 1 nitrogen and oxygen atoms in total. The molecule has 0 saturated carbocycles. The lowest BCUT2D eigenvalue weighted by molar-refractivity contribution is -0.113. The van der Waals surface area contributed by atoms with Crippen LogP contribution < -0.4 is 0 Å². The lowest BCUT2D eigenvalue weighted by atomic mass is 10.2. The molecule has 0 fully saturated rings.